The molecule has 1 aromatic carbocycles. The third kappa shape index (κ3) is 2.55. The van der Waals surface area contributed by atoms with E-state index < -0.39 is 0 Å². The number of aryl methyl sites for hydroxylation is 2. The van der Waals surface area contributed by atoms with Gasteiger partial charge in [0.15, 0.2) is 0 Å². The molecule has 0 atom stereocenters. The highest BCUT2D eigenvalue weighted by molar-refractivity contribution is 9.10. The second-order valence-electron chi connectivity index (χ2n) is 3.72. The molecule has 17 heavy (non-hydrogen) atoms. The molecule has 0 aliphatic rings. The van der Waals surface area contributed by atoms with E-state index in [9.17, 15) is 4.79 Å². The molecule has 0 aliphatic carbocycles. The third-order valence-corrected chi connectivity index (χ3v) is 3.01. The number of hydrogen-bond acceptors (Lipinski definition) is 3. The summed E-state index contributed by atoms with van der Waals surface area (Å²) >= 11 is 3.15. The van der Waals surface area contributed by atoms with Gasteiger partial charge in [-0.3, -0.25) is 4.79 Å². The van der Waals surface area contributed by atoms with Gasteiger partial charge in [0.2, 0.25) is 5.88 Å². The zero-order valence-corrected chi connectivity index (χ0v) is 11.0. The molecule has 0 fully saturated rings. The predicted molar refractivity (Wildman–Crippen MR) is 68.5 cm³/mol. The topological polar surface area (TPSA) is 55.0 Å². The van der Waals surface area contributed by atoms with Gasteiger partial charge in [-0.1, -0.05) is 12.1 Å². The van der Waals surface area contributed by atoms with Gasteiger partial charge in [-0.05, 0) is 47.0 Å². The van der Waals surface area contributed by atoms with Crippen LogP contribution in [0.4, 0.5) is 0 Å². The molecule has 5 heteroatoms. The summed E-state index contributed by atoms with van der Waals surface area (Å²) in [5, 5.41) is 0. The minimum atomic E-state index is -0.264. The van der Waals surface area contributed by atoms with Crippen LogP contribution in [0.25, 0.3) is 0 Å². The maximum absolute atomic E-state index is 11.4. The minimum Gasteiger partial charge on any atom is -0.437 e. The van der Waals surface area contributed by atoms with Crippen LogP contribution in [0.5, 0.6) is 11.6 Å². The molecule has 4 nitrogen and oxygen atoms in total. The van der Waals surface area contributed by atoms with E-state index in [1.807, 2.05) is 32.0 Å². The number of rotatable bonds is 2. The Hall–Kier alpha value is -1.62. The van der Waals surface area contributed by atoms with Crippen molar-refractivity contribution in [3.05, 3.63) is 50.5 Å². The van der Waals surface area contributed by atoms with Crippen molar-refractivity contribution in [1.82, 2.24) is 9.97 Å². The highest BCUT2D eigenvalue weighted by atomic mass is 79.9. The number of aromatic nitrogens is 2. The summed E-state index contributed by atoms with van der Waals surface area (Å²) in [5.74, 6) is 0.964. The summed E-state index contributed by atoms with van der Waals surface area (Å²) in [6, 6.07) is 5.87. The Labute approximate surface area is 107 Å². The monoisotopic (exact) mass is 294 g/mol. The van der Waals surface area contributed by atoms with E-state index >= 15 is 0 Å². The second-order valence-corrected chi connectivity index (χ2v) is 4.51. The first-order valence-electron chi connectivity index (χ1n) is 5.06. The summed E-state index contributed by atoms with van der Waals surface area (Å²) in [7, 11) is 0. The van der Waals surface area contributed by atoms with Crippen molar-refractivity contribution in [3.63, 3.8) is 0 Å². The van der Waals surface area contributed by atoms with Crippen molar-refractivity contribution in [3.8, 4) is 11.6 Å². The van der Waals surface area contributed by atoms with Crippen LogP contribution in [0.15, 0.2) is 33.8 Å². The van der Waals surface area contributed by atoms with E-state index in [-0.39, 0.29) is 11.4 Å². The van der Waals surface area contributed by atoms with E-state index in [0.717, 1.165) is 11.1 Å². The van der Waals surface area contributed by atoms with Crippen molar-refractivity contribution < 1.29 is 4.74 Å². The molecule has 2 rings (SSSR count). The number of nitrogens with zero attached hydrogens (tertiary/aromatic N) is 1. The van der Waals surface area contributed by atoms with Gasteiger partial charge in [-0.25, -0.2) is 4.98 Å². The van der Waals surface area contributed by atoms with Crippen molar-refractivity contribution in [2.75, 3.05) is 0 Å². The van der Waals surface area contributed by atoms with Crippen molar-refractivity contribution >= 4 is 15.9 Å². The Morgan fingerprint density at radius 3 is 2.88 bits per heavy atom. The first-order valence-corrected chi connectivity index (χ1v) is 5.85. The normalized spacial score (nSPS) is 10.3. The fourth-order valence-corrected chi connectivity index (χ4v) is 1.66. The van der Waals surface area contributed by atoms with Crippen molar-refractivity contribution in [2.24, 2.45) is 0 Å². The predicted octanol–water partition coefficient (Wildman–Crippen LogP) is 2.94. The number of benzene rings is 1. The summed E-state index contributed by atoms with van der Waals surface area (Å²) in [5.41, 5.74) is 1.82. The molecule has 0 spiro atoms. The lowest BCUT2D eigenvalue weighted by Gasteiger charge is -2.09. The maximum atomic E-state index is 11.4. The van der Waals surface area contributed by atoms with Crippen LogP contribution in [-0.4, -0.2) is 9.97 Å². The molecule has 0 radical (unpaired) electrons. The molecular weight excluding hydrogens is 284 g/mol. The van der Waals surface area contributed by atoms with E-state index in [0.29, 0.717) is 10.2 Å². The Bertz CT molecular complexity index is 608. The van der Waals surface area contributed by atoms with E-state index in [2.05, 4.69) is 25.9 Å². The molecule has 0 amide bonds. The molecule has 1 heterocycles. The van der Waals surface area contributed by atoms with Gasteiger partial charge in [0.25, 0.3) is 5.56 Å². The second kappa shape index (κ2) is 4.71. The first-order chi connectivity index (χ1) is 8.08. The highest BCUT2D eigenvalue weighted by Gasteiger charge is 2.09. The fourth-order valence-electron chi connectivity index (χ4n) is 1.36. The molecule has 0 bridgehead atoms. The average Bonchev–Trinajstić information content (AvgIpc) is 2.30. The Morgan fingerprint density at radius 1 is 1.35 bits per heavy atom. The van der Waals surface area contributed by atoms with Crippen LogP contribution >= 0.6 is 15.9 Å². The zero-order chi connectivity index (χ0) is 12.4. The maximum Gasteiger partial charge on any atom is 0.268 e. The minimum absolute atomic E-state index is 0.264. The first kappa shape index (κ1) is 11.9. The zero-order valence-electron chi connectivity index (χ0n) is 9.45. The number of aromatic amines is 1. The SMILES string of the molecule is Cc1ccc(C)c(Oc2nc[nH]c(=O)c2Br)c1. The van der Waals surface area contributed by atoms with Gasteiger partial charge >= 0.3 is 0 Å². The Morgan fingerprint density at radius 2 is 2.12 bits per heavy atom. The molecule has 1 aromatic heterocycles. The molecule has 88 valence electrons. The quantitative estimate of drug-likeness (QED) is 0.926. The molecule has 0 saturated carbocycles. The van der Waals surface area contributed by atoms with Gasteiger partial charge in [-0.2, -0.15) is 0 Å². The van der Waals surface area contributed by atoms with Crippen LogP contribution in [-0.2, 0) is 0 Å². The smallest absolute Gasteiger partial charge is 0.268 e. The highest BCUT2D eigenvalue weighted by Crippen LogP contribution is 2.27. The fraction of sp³-hybridized carbons (Fsp3) is 0.167. The van der Waals surface area contributed by atoms with Crippen LogP contribution < -0.4 is 10.3 Å². The van der Waals surface area contributed by atoms with Crippen LogP contribution in [0.1, 0.15) is 11.1 Å². The molecule has 2 aromatic rings. The number of nitrogens with one attached hydrogen (secondary N) is 1. The van der Waals surface area contributed by atoms with E-state index in [4.69, 9.17) is 4.74 Å². The molecule has 0 saturated heterocycles. The van der Waals surface area contributed by atoms with Gasteiger partial charge in [0, 0.05) is 0 Å². The van der Waals surface area contributed by atoms with Gasteiger partial charge in [-0.15, -0.1) is 0 Å². The largest absolute Gasteiger partial charge is 0.437 e. The average molecular weight is 295 g/mol. The van der Waals surface area contributed by atoms with E-state index in [1.54, 1.807) is 0 Å². The van der Waals surface area contributed by atoms with Crippen LogP contribution in [0.3, 0.4) is 0 Å². The summed E-state index contributed by atoms with van der Waals surface area (Å²) < 4.78 is 5.92. The van der Waals surface area contributed by atoms with Gasteiger partial charge in [0.05, 0.1) is 6.33 Å². The van der Waals surface area contributed by atoms with Gasteiger partial charge in [0.1, 0.15) is 10.2 Å². The summed E-state index contributed by atoms with van der Waals surface area (Å²) in [4.78, 5) is 17.8. The van der Waals surface area contributed by atoms with Crippen molar-refractivity contribution in [2.45, 2.75) is 13.8 Å². The molecule has 0 unspecified atom stereocenters. The lowest BCUT2D eigenvalue weighted by Crippen LogP contribution is -2.08. The molecular formula is C12H11BrN2O2. The van der Waals surface area contributed by atoms with Gasteiger partial charge < -0.3 is 9.72 Å². The lowest BCUT2D eigenvalue weighted by molar-refractivity contribution is 0.453. The number of hydrogen-bond donors (Lipinski definition) is 1. The summed E-state index contributed by atoms with van der Waals surface area (Å²) in [6.07, 6.45) is 1.31. The molecule has 0 aliphatic heterocycles. The van der Waals surface area contributed by atoms with Crippen LogP contribution in [0, 0.1) is 13.8 Å². The van der Waals surface area contributed by atoms with Crippen molar-refractivity contribution in [1.29, 1.82) is 0 Å². The third-order valence-electron chi connectivity index (χ3n) is 2.31. The number of ether oxygens (including phenoxy) is 1. The molecule has 1 N–H and O–H groups in total. The standard InChI is InChI=1S/C12H11BrN2O2/c1-7-3-4-8(2)9(5-7)17-12-10(13)11(16)14-6-15-12/h3-6H,1-2H3,(H,14,15,16). The van der Waals surface area contributed by atoms with Crippen LogP contribution in [0.2, 0.25) is 0 Å². The summed E-state index contributed by atoms with van der Waals surface area (Å²) in [6.45, 7) is 3.92. The Balaban J connectivity index is 2.41. The Kier molecular flexibility index (Phi) is 3.28. The number of H-pyrrole nitrogens is 1. The van der Waals surface area contributed by atoms with E-state index in [1.165, 1.54) is 6.33 Å². The number of halogens is 1. The lowest BCUT2D eigenvalue weighted by atomic mass is 10.1.